The lowest BCUT2D eigenvalue weighted by Gasteiger charge is -2.09. The highest BCUT2D eigenvalue weighted by Gasteiger charge is 2.08. The van der Waals surface area contributed by atoms with Gasteiger partial charge in [0.25, 0.3) is 0 Å². The number of hydrogen-bond donors (Lipinski definition) is 1. The first kappa shape index (κ1) is 13.5. The van der Waals surface area contributed by atoms with Gasteiger partial charge in [-0.3, -0.25) is 4.98 Å². The van der Waals surface area contributed by atoms with Crippen LogP contribution in [0.5, 0.6) is 0 Å². The van der Waals surface area contributed by atoms with E-state index in [1.54, 1.807) is 0 Å². The van der Waals surface area contributed by atoms with E-state index in [0.717, 1.165) is 40.7 Å². The summed E-state index contributed by atoms with van der Waals surface area (Å²) in [6.07, 6.45) is 4.74. The number of rotatable bonds is 4. The van der Waals surface area contributed by atoms with E-state index in [9.17, 15) is 0 Å². The van der Waals surface area contributed by atoms with Gasteiger partial charge in [-0.25, -0.2) is 9.97 Å². The normalized spacial score (nSPS) is 10.8. The molecule has 0 aliphatic heterocycles. The molecule has 1 N–H and O–H groups in total. The van der Waals surface area contributed by atoms with Gasteiger partial charge in [-0.15, -0.1) is 0 Å². The predicted octanol–water partition coefficient (Wildman–Crippen LogP) is 3.82. The van der Waals surface area contributed by atoms with Gasteiger partial charge in [0, 0.05) is 35.6 Å². The molecular weight excluding hydrogens is 260 g/mol. The van der Waals surface area contributed by atoms with Gasteiger partial charge in [0.2, 0.25) is 5.95 Å². The van der Waals surface area contributed by atoms with Crippen molar-refractivity contribution < 1.29 is 0 Å². The quantitative estimate of drug-likeness (QED) is 0.788. The van der Waals surface area contributed by atoms with E-state index in [1.165, 1.54) is 0 Å². The first-order valence-electron chi connectivity index (χ1n) is 7.20. The van der Waals surface area contributed by atoms with Crippen molar-refractivity contribution in [3.8, 4) is 11.3 Å². The molecule has 0 amide bonds. The summed E-state index contributed by atoms with van der Waals surface area (Å²) in [5.74, 6) is 0.693. The second kappa shape index (κ2) is 5.87. The van der Waals surface area contributed by atoms with Crippen LogP contribution >= 0.6 is 0 Å². The number of pyridine rings is 1. The number of hydrogen-bond acceptors (Lipinski definition) is 4. The van der Waals surface area contributed by atoms with Gasteiger partial charge in [0.15, 0.2) is 0 Å². The van der Waals surface area contributed by atoms with Crippen molar-refractivity contribution in [3.63, 3.8) is 0 Å². The molecule has 4 heteroatoms. The molecule has 4 nitrogen and oxygen atoms in total. The Morgan fingerprint density at radius 3 is 2.90 bits per heavy atom. The average molecular weight is 278 g/mol. The number of anilines is 1. The van der Waals surface area contributed by atoms with Gasteiger partial charge in [0.05, 0.1) is 5.69 Å². The molecule has 21 heavy (non-hydrogen) atoms. The summed E-state index contributed by atoms with van der Waals surface area (Å²) < 4.78 is 0. The number of fused-ring (bicyclic) bond motifs is 1. The smallest absolute Gasteiger partial charge is 0.223 e. The third-order valence-electron chi connectivity index (χ3n) is 3.34. The molecule has 2 heterocycles. The van der Waals surface area contributed by atoms with E-state index in [-0.39, 0.29) is 0 Å². The van der Waals surface area contributed by atoms with Crippen molar-refractivity contribution in [1.29, 1.82) is 0 Å². The summed E-state index contributed by atoms with van der Waals surface area (Å²) in [5, 5.41) is 5.54. The molecule has 0 atom stereocenters. The summed E-state index contributed by atoms with van der Waals surface area (Å²) in [4.78, 5) is 13.3. The Morgan fingerprint density at radius 2 is 2.05 bits per heavy atom. The number of nitrogens with one attached hydrogen (secondary N) is 1. The molecule has 0 aliphatic carbocycles. The minimum absolute atomic E-state index is 0.693. The maximum absolute atomic E-state index is 4.65. The molecule has 0 saturated heterocycles. The number of aromatic nitrogens is 3. The van der Waals surface area contributed by atoms with Crippen LogP contribution in [-0.2, 0) is 0 Å². The summed E-state index contributed by atoms with van der Waals surface area (Å²) in [7, 11) is 0. The van der Waals surface area contributed by atoms with E-state index in [1.807, 2.05) is 37.5 Å². The SMILES string of the molecule is CCCNc1nc(C)cc(-c2cccc3cnccc23)n1. The predicted molar refractivity (Wildman–Crippen MR) is 86.3 cm³/mol. The highest BCUT2D eigenvalue weighted by Crippen LogP contribution is 2.27. The lowest BCUT2D eigenvalue weighted by molar-refractivity contribution is 0.947. The first-order chi connectivity index (χ1) is 10.3. The maximum Gasteiger partial charge on any atom is 0.223 e. The van der Waals surface area contributed by atoms with Crippen molar-refractivity contribution in [2.45, 2.75) is 20.3 Å². The Hall–Kier alpha value is -2.49. The second-order valence-corrected chi connectivity index (χ2v) is 5.05. The highest BCUT2D eigenvalue weighted by molar-refractivity contribution is 5.95. The molecular formula is C17H18N4. The topological polar surface area (TPSA) is 50.7 Å². The van der Waals surface area contributed by atoms with Crippen LogP contribution in [0.1, 0.15) is 19.0 Å². The number of aryl methyl sites for hydroxylation is 1. The third-order valence-corrected chi connectivity index (χ3v) is 3.34. The van der Waals surface area contributed by atoms with Gasteiger partial charge >= 0.3 is 0 Å². The Balaban J connectivity index is 2.12. The van der Waals surface area contributed by atoms with Gasteiger partial charge in [-0.05, 0) is 30.9 Å². The molecule has 1 aromatic carbocycles. The summed E-state index contributed by atoms with van der Waals surface area (Å²) in [6, 6.07) is 10.2. The molecule has 0 radical (unpaired) electrons. The molecule has 0 bridgehead atoms. The fourth-order valence-corrected chi connectivity index (χ4v) is 2.37. The van der Waals surface area contributed by atoms with Crippen LogP contribution in [-0.4, -0.2) is 21.5 Å². The van der Waals surface area contributed by atoms with Crippen LogP contribution in [0.3, 0.4) is 0 Å². The van der Waals surface area contributed by atoms with Gasteiger partial charge in [0.1, 0.15) is 0 Å². The standard InChI is InChI=1S/C17H18N4/c1-3-8-19-17-20-12(2)10-16(21-17)15-6-4-5-13-11-18-9-7-14(13)15/h4-7,9-11H,3,8H2,1-2H3,(H,19,20,21). The van der Waals surface area contributed by atoms with Crippen molar-refractivity contribution in [2.24, 2.45) is 0 Å². The summed E-state index contributed by atoms with van der Waals surface area (Å²) in [6.45, 7) is 5.00. The van der Waals surface area contributed by atoms with Gasteiger partial charge in [-0.2, -0.15) is 0 Å². The Kier molecular flexibility index (Phi) is 3.77. The lowest BCUT2D eigenvalue weighted by Crippen LogP contribution is -2.05. The molecule has 0 saturated carbocycles. The van der Waals surface area contributed by atoms with Crippen molar-refractivity contribution in [3.05, 3.63) is 48.4 Å². The van der Waals surface area contributed by atoms with E-state index in [0.29, 0.717) is 5.95 Å². The van der Waals surface area contributed by atoms with E-state index in [4.69, 9.17) is 0 Å². The Bertz CT molecular complexity index is 762. The molecule has 0 aliphatic rings. The third kappa shape index (κ3) is 2.84. The molecule has 0 unspecified atom stereocenters. The summed E-state index contributed by atoms with van der Waals surface area (Å²) >= 11 is 0. The van der Waals surface area contributed by atoms with Crippen LogP contribution in [0.2, 0.25) is 0 Å². The molecule has 0 spiro atoms. The zero-order valence-electron chi connectivity index (χ0n) is 12.3. The summed E-state index contributed by atoms with van der Waals surface area (Å²) in [5.41, 5.74) is 3.02. The largest absolute Gasteiger partial charge is 0.354 e. The molecule has 2 aromatic heterocycles. The molecule has 3 rings (SSSR count). The van der Waals surface area contributed by atoms with Crippen LogP contribution < -0.4 is 5.32 Å². The van der Waals surface area contributed by atoms with E-state index in [2.05, 4.69) is 39.3 Å². The van der Waals surface area contributed by atoms with Crippen molar-refractivity contribution in [2.75, 3.05) is 11.9 Å². The van der Waals surface area contributed by atoms with E-state index < -0.39 is 0 Å². The minimum Gasteiger partial charge on any atom is -0.354 e. The van der Waals surface area contributed by atoms with Crippen LogP contribution in [0.15, 0.2) is 42.7 Å². The van der Waals surface area contributed by atoms with Crippen LogP contribution in [0.4, 0.5) is 5.95 Å². The van der Waals surface area contributed by atoms with Crippen molar-refractivity contribution in [1.82, 2.24) is 15.0 Å². The number of benzene rings is 1. The fraction of sp³-hybridized carbons (Fsp3) is 0.235. The molecule has 3 aromatic rings. The Morgan fingerprint density at radius 1 is 1.14 bits per heavy atom. The van der Waals surface area contributed by atoms with Gasteiger partial charge in [-0.1, -0.05) is 25.1 Å². The first-order valence-corrected chi connectivity index (χ1v) is 7.20. The lowest BCUT2D eigenvalue weighted by atomic mass is 10.0. The average Bonchev–Trinajstić information content (AvgIpc) is 2.52. The van der Waals surface area contributed by atoms with E-state index >= 15 is 0 Å². The monoisotopic (exact) mass is 278 g/mol. The van der Waals surface area contributed by atoms with Gasteiger partial charge < -0.3 is 5.32 Å². The highest BCUT2D eigenvalue weighted by atomic mass is 15.1. The zero-order valence-corrected chi connectivity index (χ0v) is 12.3. The fourth-order valence-electron chi connectivity index (χ4n) is 2.37. The maximum atomic E-state index is 4.65. The zero-order chi connectivity index (χ0) is 14.7. The van der Waals surface area contributed by atoms with Crippen LogP contribution in [0, 0.1) is 6.92 Å². The second-order valence-electron chi connectivity index (χ2n) is 5.05. The minimum atomic E-state index is 0.693. The molecule has 0 fully saturated rings. The molecule has 106 valence electrons. The van der Waals surface area contributed by atoms with Crippen molar-refractivity contribution >= 4 is 16.7 Å². The van der Waals surface area contributed by atoms with Crippen LogP contribution in [0.25, 0.3) is 22.0 Å². The number of nitrogens with zero attached hydrogens (tertiary/aromatic N) is 3. The Labute approximate surface area is 124 Å².